The van der Waals surface area contributed by atoms with Crippen molar-refractivity contribution in [2.45, 2.75) is 66.9 Å². The number of hydrogen-bond acceptors (Lipinski definition) is 0. The molecule has 0 aliphatic rings. The molecule has 0 bridgehead atoms. The summed E-state index contributed by atoms with van der Waals surface area (Å²) in [6.45, 7) is 1.28. The first-order valence-corrected chi connectivity index (χ1v) is 6.71. The third kappa shape index (κ3) is 3.29. The van der Waals surface area contributed by atoms with Gasteiger partial charge in [0, 0.05) is 6.42 Å². The molecule has 175 valence electrons. The van der Waals surface area contributed by atoms with E-state index in [4.69, 9.17) is 0 Å². The van der Waals surface area contributed by atoms with E-state index in [1.165, 1.54) is 0 Å². The molecule has 29 heavy (non-hydrogen) atoms. The van der Waals surface area contributed by atoms with E-state index in [9.17, 15) is 74.6 Å². The van der Waals surface area contributed by atoms with E-state index >= 15 is 0 Å². The Morgan fingerprint density at radius 3 is 1.00 bits per heavy atom. The Labute approximate surface area is 150 Å². The SMILES string of the molecule is [CH2]CC(F)(F)C(F)(F)C(F)(F)C(F)(F)C(F)(F)C(F)(F)C(F)(F)C(F)(F)C(C)F. The Hall–Kier alpha value is -1.19. The molecular formula is C12H8F17. The highest BCUT2D eigenvalue weighted by atomic mass is 19.4. The molecule has 0 amide bonds. The van der Waals surface area contributed by atoms with Gasteiger partial charge in [0.05, 0.1) is 0 Å². The lowest BCUT2D eigenvalue weighted by atomic mass is 9.86. The fourth-order valence-corrected chi connectivity index (χ4v) is 1.63. The summed E-state index contributed by atoms with van der Waals surface area (Å²) < 4.78 is 222. The number of alkyl halides is 17. The molecule has 1 radical (unpaired) electrons. The normalized spacial score (nSPS) is 17.5. The van der Waals surface area contributed by atoms with Gasteiger partial charge in [-0.15, -0.1) is 0 Å². The zero-order valence-corrected chi connectivity index (χ0v) is 13.4. The summed E-state index contributed by atoms with van der Waals surface area (Å²) in [5.74, 6) is -62.3. The Kier molecular flexibility index (Phi) is 6.63. The van der Waals surface area contributed by atoms with Gasteiger partial charge in [-0.1, -0.05) is 0 Å². The zero-order valence-electron chi connectivity index (χ0n) is 13.4. The van der Waals surface area contributed by atoms with E-state index in [0.29, 0.717) is 0 Å². The molecule has 0 rings (SSSR count). The molecule has 0 aromatic rings. The molecule has 0 aliphatic heterocycles. The van der Waals surface area contributed by atoms with Crippen molar-refractivity contribution in [2.75, 3.05) is 0 Å². The summed E-state index contributed by atoms with van der Waals surface area (Å²) in [7, 11) is 0. The van der Waals surface area contributed by atoms with Gasteiger partial charge in [0.15, 0.2) is 6.17 Å². The lowest BCUT2D eigenvalue weighted by molar-refractivity contribution is -0.455. The standard InChI is InChI=1S/C12H8F17/c1-3-5(14,15)7(18,19)9(22,23)11(26,27)12(28,29)10(24,25)8(20,21)6(16,17)4(2)13/h4H,1,3H2,2H3. The Balaban J connectivity index is 6.76. The van der Waals surface area contributed by atoms with Gasteiger partial charge in [0.1, 0.15) is 0 Å². The van der Waals surface area contributed by atoms with E-state index < -0.39 is 66.9 Å². The largest absolute Gasteiger partial charge is 0.385 e. The van der Waals surface area contributed by atoms with Crippen LogP contribution in [0.25, 0.3) is 0 Å². The molecule has 17 heteroatoms. The first kappa shape index (κ1) is 27.8. The molecule has 0 N–H and O–H groups in total. The van der Waals surface area contributed by atoms with Crippen molar-refractivity contribution in [2.24, 2.45) is 0 Å². The second kappa shape index (κ2) is 6.92. The quantitative estimate of drug-likeness (QED) is 0.328. The molecule has 0 saturated heterocycles. The smallest absolute Gasteiger partial charge is 0.241 e. The lowest BCUT2D eigenvalue weighted by Gasteiger charge is -2.43. The van der Waals surface area contributed by atoms with Gasteiger partial charge in [0.2, 0.25) is 0 Å². The zero-order chi connectivity index (χ0) is 24.3. The third-order valence-corrected chi connectivity index (χ3v) is 3.66. The molecule has 0 spiro atoms. The van der Waals surface area contributed by atoms with E-state index in [-0.39, 0.29) is 0 Å². The highest BCUT2D eigenvalue weighted by Gasteiger charge is 2.94. The van der Waals surface area contributed by atoms with Gasteiger partial charge >= 0.3 is 47.4 Å². The van der Waals surface area contributed by atoms with E-state index in [0.717, 1.165) is 0 Å². The highest BCUT2D eigenvalue weighted by Crippen LogP contribution is 2.64. The van der Waals surface area contributed by atoms with Crippen LogP contribution in [0.2, 0.25) is 0 Å². The summed E-state index contributed by atoms with van der Waals surface area (Å²) in [5, 5.41) is 0. The van der Waals surface area contributed by atoms with Crippen molar-refractivity contribution in [1.29, 1.82) is 0 Å². The monoisotopic (exact) mass is 475 g/mol. The third-order valence-electron chi connectivity index (χ3n) is 3.66. The van der Waals surface area contributed by atoms with Crippen LogP contribution < -0.4 is 0 Å². The molecule has 0 saturated carbocycles. The fourth-order valence-electron chi connectivity index (χ4n) is 1.63. The molecule has 1 atom stereocenters. The molecule has 0 nitrogen and oxygen atoms in total. The summed E-state index contributed by atoms with van der Waals surface area (Å²) in [6, 6.07) is 0. The van der Waals surface area contributed by atoms with E-state index in [2.05, 4.69) is 0 Å². The summed E-state index contributed by atoms with van der Waals surface area (Å²) >= 11 is 0. The van der Waals surface area contributed by atoms with Crippen molar-refractivity contribution >= 4 is 0 Å². The minimum absolute atomic E-state index is 0.641. The fraction of sp³-hybridized carbons (Fsp3) is 0.917. The van der Waals surface area contributed by atoms with Crippen LogP contribution in [0, 0.1) is 6.92 Å². The Morgan fingerprint density at radius 1 is 0.517 bits per heavy atom. The van der Waals surface area contributed by atoms with Crippen molar-refractivity contribution in [3.05, 3.63) is 6.92 Å². The second-order valence-electron chi connectivity index (χ2n) is 5.64. The summed E-state index contributed by atoms with van der Waals surface area (Å²) in [5.41, 5.74) is 0. The van der Waals surface area contributed by atoms with Gasteiger partial charge in [-0.25, -0.2) is 4.39 Å². The van der Waals surface area contributed by atoms with E-state index in [1.807, 2.05) is 6.92 Å². The molecule has 1 unspecified atom stereocenters. The van der Waals surface area contributed by atoms with E-state index in [1.54, 1.807) is 0 Å². The summed E-state index contributed by atoms with van der Waals surface area (Å²) in [6.07, 6.45) is -7.16. The minimum Gasteiger partial charge on any atom is -0.241 e. The molecule has 0 heterocycles. The maximum atomic E-state index is 13.3. The first-order chi connectivity index (χ1) is 12.3. The maximum Gasteiger partial charge on any atom is 0.385 e. The average molecular weight is 475 g/mol. The van der Waals surface area contributed by atoms with Crippen LogP contribution >= 0.6 is 0 Å². The average Bonchev–Trinajstić information content (AvgIpc) is 2.53. The van der Waals surface area contributed by atoms with Crippen LogP contribution in [0.5, 0.6) is 0 Å². The van der Waals surface area contributed by atoms with Crippen LogP contribution in [-0.4, -0.2) is 53.6 Å². The van der Waals surface area contributed by atoms with Crippen molar-refractivity contribution in [3.8, 4) is 0 Å². The van der Waals surface area contributed by atoms with Crippen LogP contribution in [0.3, 0.4) is 0 Å². The van der Waals surface area contributed by atoms with Crippen LogP contribution in [0.15, 0.2) is 0 Å². The Bertz CT molecular complexity index is 587. The predicted molar refractivity (Wildman–Crippen MR) is 60.1 cm³/mol. The van der Waals surface area contributed by atoms with Gasteiger partial charge in [-0.2, -0.15) is 70.2 Å². The number of halogens is 17. The van der Waals surface area contributed by atoms with Crippen molar-refractivity contribution in [1.82, 2.24) is 0 Å². The second-order valence-corrected chi connectivity index (χ2v) is 5.64. The molecular weight excluding hydrogens is 467 g/mol. The highest BCUT2D eigenvalue weighted by molar-refractivity contribution is 5.16. The molecule has 0 aliphatic carbocycles. The predicted octanol–water partition coefficient (Wildman–Crippen LogP) is 6.65. The molecule has 0 fully saturated rings. The van der Waals surface area contributed by atoms with Crippen LogP contribution in [-0.2, 0) is 0 Å². The maximum absolute atomic E-state index is 13.3. The van der Waals surface area contributed by atoms with Gasteiger partial charge in [0.25, 0.3) is 0 Å². The Morgan fingerprint density at radius 2 is 0.759 bits per heavy atom. The summed E-state index contributed by atoms with van der Waals surface area (Å²) in [4.78, 5) is 0. The first-order valence-electron chi connectivity index (χ1n) is 6.71. The minimum atomic E-state index is -8.52. The molecule has 0 aromatic heterocycles. The van der Waals surface area contributed by atoms with Gasteiger partial charge in [-0.3, -0.25) is 0 Å². The molecule has 0 aromatic carbocycles. The number of hydrogen-bond donors (Lipinski definition) is 0. The van der Waals surface area contributed by atoms with Crippen LogP contribution in [0.4, 0.5) is 74.6 Å². The van der Waals surface area contributed by atoms with Gasteiger partial charge < -0.3 is 0 Å². The topological polar surface area (TPSA) is 0 Å². The van der Waals surface area contributed by atoms with Crippen molar-refractivity contribution in [3.63, 3.8) is 0 Å². The van der Waals surface area contributed by atoms with Crippen LogP contribution in [0.1, 0.15) is 13.3 Å². The number of rotatable bonds is 9. The lowest BCUT2D eigenvalue weighted by Crippen LogP contribution is -2.75. The van der Waals surface area contributed by atoms with Crippen molar-refractivity contribution < 1.29 is 74.6 Å². The van der Waals surface area contributed by atoms with Gasteiger partial charge in [-0.05, 0) is 13.8 Å².